The molecule has 27 heavy (non-hydrogen) atoms. The van der Waals surface area contributed by atoms with Crippen LogP contribution in [0.1, 0.15) is 121 Å². The molecule has 0 saturated carbocycles. The SMILES string of the molecule is CCCCCCCCCCc1c(O)cc(CCCCCCCCC)cc1O. The Kier molecular flexibility index (Phi) is 14.0. The van der Waals surface area contributed by atoms with E-state index in [1.807, 2.05) is 12.1 Å². The Balaban J connectivity index is 2.23. The molecule has 0 bridgehead atoms. The van der Waals surface area contributed by atoms with Gasteiger partial charge in [-0.05, 0) is 43.4 Å². The Bertz CT molecular complexity index is 458. The van der Waals surface area contributed by atoms with E-state index in [1.54, 1.807) is 0 Å². The summed E-state index contributed by atoms with van der Waals surface area (Å²) in [4.78, 5) is 0. The molecule has 0 aliphatic carbocycles. The fraction of sp³-hybridized carbons (Fsp3) is 0.760. The van der Waals surface area contributed by atoms with Crippen LogP contribution in [0.15, 0.2) is 12.1 Å². The second-order valence-electron chi connectivity index (χ2n) is 8.21. The van der Waals surface area contributed by atoms with Crippen LogP contribution in [-0.4, -0.2) is 10.2 Å². The van der Waals surface area contributed by atoms with Crippen LogP contribution in [0, 0.1) is 0 Å². The first-order valence-corrected chi connectivity index (χ1v) is 11.7. The van der Waals surface area contributed by atoms with Crippen molar-refractivity contribution < 1.29 is 10.2 Å². The molecule has 0 saturated heterocycles. The highest BCUT2D eigenvalue weighted by molar-refractivity contribution is 5.46. The molecule has 1 aromatic rings. The fourth-order valence-electron chi connectivity index (χ4n) is 3.82. The predicted molar refractivity (Wildman–Crippen MR) is 118 cm³/mol. The molecule has 2 N–H and O–H groups in total. The minimum atomic E-state index is 0.288. The molecule has 2 nitrogen and oxygen atoms in total. The first kappa shape index (κ1) is 23.9. The van der Waals surface area contributed by atoms with Crippen LogP contribution in [0.3, 0.4) is 0 Å². The van der Waals surface area contributed by atoms with Gasteiger partial charge in [0.15, 0.2) is 0 Å². The smallest absolute Gasteiger partial charge is 0.122 e. The lowest BCUT2D eigenvalue weighted by Gasteiger charge is -2.10. The number of hydrogen-bond donors (Lipinski definition) is 2. The average Bonchev–Trinajstić information content (AvgIpc) is 2.65. The standard InChI is InChI=1S/C25H44O2/c1-3-5-7-9-11-13-15-17-19-23-24(26)20-22(21-25(23)27)18-16-14-12-10-8-6-4-2/h20-21,26-27H,3-19H2,1-2H3. The average molecular weight is 377 g/mol. The summed E-state index contributed by atoms with van der Waals surface area (Å²) < 4.78 is 0. The predicted octanol–water partition coefficient (Wildman–Crippen LogP) is 8.07. The van der Waals surface area contributed by atoms with E-state index in [4.69, 9.17) is 0 Å². The lowest BCUT2D eigenvalue weighted by Crippen LogP contribution is -1.92. The van der Waals surface area contributed by atoms with Gasteiger partial charge >= 0.3 is 0 Å². The van der Waals surface area contributed by atoms with Crippen molar-refractivity contribution in [3.63, 3.8) is 0 Å². The van der Waals surface area contributed by atoms with Crippen molar-refractivity contribution in [3.05, 3.63) is 23.3 Å². The molecule has 0 aliphatic rings. The van der Waals surface area contributed by atoms with E-state index in [9.17, 15) is 10.2 Å². The molecule has 1 aromatic carbocycles. The van der Waals surface area contributed by atoms with E-state index >= 15 is 0 Å². The van der Waals surface area contributed by atoms with Crippen LogP contribution in [-0.2, 0) is 12.8 Å². The maximum Gasteiger partial charge on any atom is 0.122 e. The van der Waals surface area contributed by atoms with Crippen molar-refractivity contribution in [3.8, 4) is 11.5 Å². The van der Waals surface area contributed by atoms with Gasteiger partial charge in [-0.15, -0.1) is 0 Å². The van der Waals surface area contributed by atoms with Gasteiger partial charge in [0.1, 0.15) is 11.5 Å². The molecule has 2 heteroatoms. The summed E-state index contributed by atoms with van der Waals surface area (Å²) in [6.07, 6.45) is 20.9. The third kappa shape index (κ3) is 11.3. The normalized spacial score (nSPS) is 11.2. The van der Waals surface area contributed by atoms with Gasteiger partial charge in [-0.3, -0.25) is 0 Å². The molecule has 1 rings (SSSR count). The Morgan fingerprint density at radius 1 is 0.519 bits per heavy atom. The summed E-state index contributed by atoms with van der Waals surface area (Å²) in [5.74, 6) is 0.576. The number of aromatic hydroxyl groups is 2. The van der Waals surface area contributed by atoms with Crippen molar-refractivity contribution in [2.45, 2.75) is 123 Å². The summed E-state index contributed by atoms with van der Waals surface area (Å²) in [5, 5.41) is 20.6. The molecule has 0 amide bonds. The highest BCUT2D eigenvalue weighted by atomic mass is 16.3. The number of benzene rings is 1. The topological polar surface area (TPSA) is 40.5 Å². The number of hydrogen-bond acceptors (Lipinski definition) is 2. The minimum absolute atomic E-state index is 0.288. The summed E-state index contributed by atoms with van der Waals surface area (Å²) in [6, 6.07) is 3.74. The minimum Gasteiger partial charge on any atom is -0.508 e. The van der Waals surface area contributed by atoms with E-state index in [0.29, 0.717) is 0 Å². The second-order valence-corrected chi connectivity index (χ2v) is 8.21. The van der Waals surface area contributed by atoms with E-state index in [0.717, 1.165) is 36.8 Å². The highest BCUT2D eigenvalue weighted by Gasteiger charge is 2.09. The summed E-state index contributed by atoms with van der Waals surface area (Å²) in [7, 11) is 0. The largest absolute Gasteiger partial charge is 0.508 e. The fourth-order valence-corrected chi connectivity index (χ4v) is 3.82. The number of phenols is 2. The number of aryl methyl sites for hydroxylation is 1. The molecular weight excluding hydrogens is 332 g/mol. The number of phenolic OH excluding ortho intramolecular Hbond substituents is 2. The van der Waals surface area contributed by atoms with Crippen molar-refractivity contribution in [2.75, 3.05) is 0 Å². The van der Waals surface area contributed by atoms with Crippen LogP contribution in [0.25, 0.3) is 0 Å². The van der Waals surface area contributed by atoms with Gasteiger partial charge in [-0.1, -0.05) is 97.3 Å². The monoisotopic (exact) mass is 376 g/mol. The first-order chi connectivity index (χ1) is 13.2. The number of rotatable bonds is 17. The highest BCUT2D eigenvalue weighted by Crippen LogP contribution is 2.31. The Hall–Kier alpha value is -1.18. The maximum absolute atomic E-state index is 10.3. The molecule has 0 spiro atoms. The lowest BCUT2D eigenvalue weighted by atomic mass is 9.99. The third-order valence-electron chi connectivity index (χ3n) is 5.61. The Morgan fingerprint density at radius 3 is 1.33 bits per heavy atom. The van der Waals surface area contributed by atoms with Crippen LogP contribution in [0.4, 0.5) is 0 Å². The summed E-state index contributed by atoms with van der Waals surface area (Å²) in [5.41, 5.74) is 1.81. The number of unbranched alkanes of at least 4 members (excludes halogenated alkanes) is 13. The summed E-state index contributed by atoms with van der Waals surface area (Å²) in [6.45, 7) is 4.50. The van der Waals surface area contributed by atoms with Gasteiger partial charge in [0.25, 0.3) is 0 Å². The molecule has 0 unspecified atom stereocenters. The van der Waals surface area contributed by atoms with Gasteiger partial charge in [0, 0.05) is 5.56 Å². The van der Waals surface area contributed by atoms with E-state index < -0.39 is 0 Å². The van der Waals surface area contributed by atoms with Gasteiger partial charge < -0.3 is 10.2 Å². The molecule has 0 aliphatic heterocycles. The Labute approximate surface area is 168 Å². The van der Waals surface area contributed by atoms with E-state index in [-0.39, 0.29) is 11.5 Å². The second kappa shape index (κ2) is 15.8. The van der Waals surface area contributed by atoms with Crippen molar-refractivity contribution in [1.29, 1.82) is 0 Å². The first-order valence-electron chi connectivity index (χ1n) is 11.7. The molecule has 0 aromatic heterocycles. The molecule has 0 heterocycles. The lowest BCUT2D eigenvalue weighted by molar-refractivity contribution is 0.434. The van der Waals surface area contributed by atoms with Crippen LogP contribution in [0.5, 0.6) is 11.5 Å². The summed E-state index contributed by atoms with van der Waals surface area (Å²) >= 11 is 0. The zero-order chi connectivity index (χ0) is 19.7. The molecule has 0 atom stereocenters. The van der Waals surface area contributed by atoms with Gasteiger partial charge in [-0.2, -0.15) is 0 Å². The Morgan fingerprint density at radius 2 is 0.889 bits per heavy atom. The van der Waals surface area contributed by atoms with Crippen molar-refractivity contribution >= 4 is 0 Å². The molecule has 0 radical (unpaired) electrons. The van der Waals surface area contributed by atoms with E-state index in [1.165, 1.54) is 83.5 Å². The molecule has 0 fully saturated rings. The van der Waals surface area contributed by atoms with E-state index in [2.05, 4.69) is 13.8 Å². The molecular formula is C25H44O2. The third-order valence-corrected chi connectivity index (χ3v) is 5.61. The van der Waals surface area contributed by atoms with Crippen LogP contribution < -0.4 is 0 Å². The van der Waals surface area contributed by atoms with Gasteiger partial charge in [0.2, 0.25) is 0 Å². The van der Waals surface area contributed by atoms with Crippen molar-refractivity contribution in [2.24, 2.45) is 0 Å². The van der Waals surface area contributed by atoms with Crippen LogP contribution >= 0.6 is 0 Å². The zero-order valence-corrected chi connectivity index (χ0v) is 18.1. The van der Waals surface area contributed by atoms with Crippen molar-refractivity contribution in [1.82, 2.24) is 0 Å². The zero-order valence-electron chi connectivity index (χ0n) is 18.1. The quantitative estimate of drug-likeness (QED) is 0.270. The maximum atomic E-state index is 10.3. The molecule has 156 valence electrons. The van der Waals surface area contributed by atoms with Crippen LogP contribution in [0.2, 0.25) is 0 Å². The van der Waals surface area contributed by atoms with Gasteiger partial charge in [0.05, 0.1) is 0 Å². The van der Waals surface area contributed by atoms with Gasteiger partial charge in [-0.25, -0.2) is 0 Å².